The molecule has 1 aliphatic rings. The van der Waals surface area contributed by atoms with Gasteiger partial charge in [0.05, 0.1) is 11.4 Å². The van der Waals surface area contributed by atoms with Gasteiger partial charge in [-0.3, -0.25) is 4.79 Å². The number of aromatic nitrogens is 2. The van der Waals surface area contributed by atoms with E-state index in [1.54, 1.807) is 34.3 Å². The van der Waals surface area contributed by atoms with Crippen molar-refractivity contribution >= 4 is 44.0 Å². The van der Waals surface area contributed by atoms with Crippen LogP contribution < -0.4 is 5.32 Å². The molecule has 0 amide bonds. The number of benzene rings is 1. The first-order valence-electron chi connectivity index (χ1n) is 10.1. The van der Waals surface area contributed by atoms with Gasteiger partial charge in [0.25, 0.3) is 0 Å². The second-order valence-corrected chi connectivity index (χ2v) is 12.1. The lowest BCUT2D eigenvalue weighted by atomic mass is 9.94. The largest absolute Gasteiger partial charge is 0.353 e. The zero-order valence-corrected chi connectivity index (χ0v) is 19.9. The van der Waals surface area contributed by atoms with Crippen LogP contribution in [0.2, 0.25) is 0 Å². The molecule has 0 bridgehead atoms. The van der Waals surface area contributed by atoms with Crippen LogP contribution in [0.5, 0.6) is 0 Å². The molecule has 1 saturated heterocycles. The first-order valence-corrected chi connectivity index (χ1v) is 13.4. The van der Waals surface area contributed by atoms with Crippen LogP contribution in [0.1, 0.15) is 44.0 Å². The fourth-order valence-electron chi connectivity index (χ4n) is 3.57. The molecule has 2 heterocycles. The van der Waals surface area contributed by atoms with E-state index in [2.05, 4.69) is 36.3 Å². The van der Waals surface area contributed by atoms with Gasteiger partial charge in [-0.25, -0.2) is 8.42 Å². The molecule has 2 unspecified atom stereocenters. The maximum Gasteiger partial charge on any atom is 0.243 e. The summed E-state index contributed by atoms with van der Waals surface area (Å²) in [6.07, 6.45) is 2.08. The lowest BCUT2D eigenvalue weighted by Gasteiger charge is -2.34. The van der Waals surface area contributed by atoms with Crippen molar-refractivity contribution in [3.8, 4) is 0 Å². The Kier molecular flexibility index (Phi) is 7.89. The van der Waals surface area contributed by atoms with E-state index in [1.165, 1.54) is 17.4 Å². The van der Waals surface area contributed by atoms with E-state index in [0.29, 0.717) is 35.6 Å². The summed E-state index contributed by atoms with van der Waals surface area (Å²) < 4.78 is 28.6. The number of sulfonamides is 1. The second-order valence-electron chi connectivity index (χ2n) is 7.79. The van der Waals surface area contributed by atoms with Crippen molar-refractivity contribution in [3.63, 3.8) is 0 Å². The molecule has 1 aliphatic heterocycles. The van der Waals surface area contributed by atoms with Crippen molar-refractivity contribution in [2.45, 2.75) is 42.8 Å². The Hall–Kier alpha value is -1.49. The molecule has 30 heavy (non-hydrogen) atoms. The molecule has 0 saturated carbocycles. The lowest BCUT2D eigenvalue weighted by Crippen LogP contribution is -2.42. The van der Waals surface area contributed by atoms with Crippen LogP contribution in [0.4, 0.5) is 5.13 Å². The van der Waals surface area contributed by atoms with Crippen LogP contribution in [-0.2, 0) is 10.0 Å². The highest BCUT2D eigenvalue weighted by Crippen LogP contribution is 2.28. The minimum absolute atomic E-state index is 0.0361. The summed E-state index contributed by atoms with van der Waals surface area (Å²) in [6, 6.07) is 6.31. The fourth-order valence-corrected chi connectivity index (χ4v) is 6.97. The summed E-state index contributed by atoms with van der Waals surface area (Å²) in [7, 11) is -3.62. The van der Waals surface area contributed by atoms with Gasteiger partial charge < -0.3 is 5.32 Å². The van der Waals surface area contributed by atoms with Crippen molar-refractivity contribution in [2.24, 2.45) is 11.8 Å². The summed E-state index contributed by atoms with van der Waals surface area (Å²) >= 11 is 3.05. The average molecular weight is 469 g/mol. The van der Waals surface area contributed by atoms with Gasteiger partial charge in [0.1, 0.15) is 0 Å². The number of carbonyl (C=O) groups excluding carboxylic acids is 1. The Bertz CT molecular complexity index is 967. The molecule has 0 aliphatic carbocycles. The topological polar surface area (TPSA) is 92.3 Å². The van der Waals surface area contributed by atoms with E-state index in [0.717, 1.165) is 22.9 Å². The van der Waals surface area contributed by atoms with Gasteiger partial charge in [0, 0.05) is 24.4 Å². The van der Waals surface area contributed by atoms with E-state index in [1.807, 2.05) is 0 Å². The molecular weight excluding hydrogens is 440 g/mol. The Labute approximate surface area is 186 Å². The summed E-state index contributed by atoms with van der Waals surface area (Å²) in [5.41, 5.74) is 0.367. The summed E-state index contributed by atoms with van der Waals surface area (Å²) in [4.78, 5) is 12.8. The summed E-state index contributed by atoms with van der Waals surface area (Å²) in [5.74, 6) is 1.43. The number of nitrogens with zero attached hydrogens (tertiary/aromatic N) is 3. The van der Waals surface area contributed by atoms with Crippen molar-refractivity contribution in [2.75, 3.05) is 30.7 Å². The van der Waals surface area contributed by atoms with Crippen LogP contribution in [0.25, 0.3) is 0 Å². The Balaban J connectivity index is 1.67. The number of carbonyl (C=O) groups is 1. The molecular formula is C20H28N4O3S3. The lowest BCUT2D eigenvalue weighted by molar-refractivity contribution is 0.101. The molecule has 7 nitrogen and oxygen atoms in total. The highest BCUT2D eigenvalue weighted by atomic mass is 32.2. The molecule has 10 heteroatoms. The Morgan fingerprint density at radius 3 is 2.70 bits per heavy atom. The monoisotopic (exact) mass is 468 g/mol. The zero-order valence-electron chi connectivity index (χ0n) is 17.5. The normalized spacial score (nSPS) is 20.2. The fraction of sp³-hybridized carbons (Fsp3) is 0.550. The summed E-state index contributed by atoms with van der Waals surface area (Å²) in [5, 5.41) is 11.7. The van der Waals surface area contributed by atoms with Crippen molar-refractivity contribution < 1.29 is 13.2 Å². The van der Waals surface area contributed by atoms with Gasteiger partial charge in [-0.2, -0.15) is 4.31 Å². The zero-order chi connectivity index (χ0) is 21.7. The number of thioether (sulfide) groups is 1. The van der Waals surface area contributed by atoms with E-state index in [4.69, 9.17) is 0 Å². The third kappa shape index (κ3) is 5.81. The molecule has 1 aromatic heterocycles. The van der Waals surface area contributed by atoms with Gasteiger partial charge in [-0.05, 0) is 36.8 Å². The smallest absolute Gasteiger partial charge is 0.243 e. The second kappa shape index (κ2) is 10.2. The molecule has 0 radical (unpaired) electrons. The number of Topliss-reactive ketones (excluding diaryl/α,β-unsaturated/α-hetero) is 1. The molecule has 2 aromatic rings. The predicted molar refractivity (Wildman–Crippen MR) is 122 cm³/mol. The molecule has 1 aromatic carbocycles. The van der Waals surface area contributed by atoms with E-state index in [9.17, 15) is 13.2 Å². The maximum absolute atomic E-state index is 13.1. The quantitative estimate of drug-likeness (QED) is 0.439. The first-order chi connectivity index (χ1) is 14.3. The van der Waals surface area contributed by atoms with E-state index in [-0.39, 0.29) is 17.2 Å². The van der Waals surface area contributed by atoms with Gasteiger partial charge in [0.2, 0.25) is 15.2 Å². The highest BCUT2D eigenvalue weighted by molar-refractivity contribution is 8.01. The van der Waals surface area contributed by atoms with Crippen molar-refractivity contribution in [3.05, 3.63) is 29.8 Å². The minimum Gasteiger partial charge on any atom is -0.353 e. The Morgan fingerprint density at radius 2 is 2.00 bits per heavy atom. The molecule has 3 rings (SSSR count). The Morgan fingerprint density at radius 1 is 1.27 bits per heavy atom. The third-order valence-electron chi connectivity index (χ3n) is 4.87. The summed E-state index contributed by atoms with van der Waals surface area (Å²) in [6.45, 7) is 7.32. The van der Waals surface area contributed by atoms with Gasteiger partial charge in [0.15, 0.2) is 10.1 Å². The van der Waals surface area contributed by atoms with E-state index >= 15 is 0 Å². The van der Waals surface area contributed by atoms with Crippen molar-refractivity contribution in [1.29, 1.82) is 0 Å². The molecule has 2 atom stereocenters. The number of hydrogen-bond acceptors (Lipinski definition) is 8. The van der Waals surface area contributed by atoms with E-state index < -0.39 is 10.0 Å². The number of ketones is 1. The number of rotatable bonds is 9. The minimum atomic E-state index is -3.62. The molecule has 1 N–H and O–H groups in total. The average Bonchev–Trinajstić information content (AvgIpc) is 3.17. The van der Waals surface area contributed by atoms with Crippen LogP contribution in [0.15, 0.2) is 33.5 Å². The van der Waals surface area contributed by atoms with Crippen LogP contribution >= 0.6 is 23.1 Å². The van der Waals surface area contributed by atoms with Crippen LogP contribution in [-0.4, -0.2) is 54.1 Å². The van der Waals surface area contributed by atoms with Gasteiger partial charge in [-0.1, -0.05) is 56.0 Å². The SMILES string of the molecule is CCCSc1nnc(NCC(=O)c2cccc(S(=O)(=O)N3CC(C)CC(C)C3)c2)s1. The number of nitrogens with one attached hydrogen (secondary N) is 1. The number of hydrogen-bond donors (Lipinski definition) is 1. The molecule has 164 valence electrons. The van der Waals surface area contributed by atoms with Crippen LogP contribution in [0, 0.1) is 11.8 Å². The number of piperidine rings is 1. The third-order valence-corrected chi connectivity index (χ3v) is 8.91. The van der Waals surface area contributed by atoms with Gasteiger partial charge in [-0.15, -0.1) is 10.2 Å². The maximum atomic E-state index is 13.1. The molecule has 1 fully saturated rings. The predicted octanol–water partition coefficient (Wildman–Crippen LogP) is 4.00. The highest BCUT2D eigenvalue weighted by Gasteiger charge is 2.31. The molecule has 0 spiro atoms. The van der Waals surface area contributed by atoms with Crippen LogP contribution in [0.3, 0.4) is 0 Å². The number of anilines is 1. The van der Waals surface area contributed by atoms with Gasteiger partial charge >= 0.3 is 0 Å². The standard InChI is InChI=1S/C20H28N4O3S3/c1-4-8-28-20-23-22-19(29-20)21-11-18(25)16-6-5-7-17(10-16)30(26,27)24-12-14(2)9-15(3)13-24/h5-7,10,14-15H,4,8-9,11-13H2,1-3H3,(H,21,22). The van der Waals surface area contributed by atoms with Crippen molar-refractivity contribution in [1.82, 2.24) is 14.5 Å². The first kappa shape index (κ1) is 23.2.